The van der Waals surface area contributed by atoms with Gasteiger partial charge >= 0.3 is 0 Å². The maximum Gasteiger partial charge on any atom is 0.240 e. The Kier molecular flexibility index (Phi) is 6.32. The highest BCUT2D eigenvalue weighted by Gasteiger charge is 2.12. The SMILES string of the molecule is COc1nc2ccccc2nc1-c1cccc(CCCCC(=N)OC(C)=N)c1. The van der Waals surface area contributed by atoms with Gasteiger partial charge in [-0.15, -0.1) is 0 Å². The van der Waals surface area contributed by atoms with Crippen LogP contribution in [0.3, 0.4) is 0 Å². The van der Waals surface area contributed by atoms with E-state index in [0.29, 0.717) is 12.3 Å². The van der Waals surface area contributed by atoms with Crippen molar-refractivity contribution in [2.24, 2.45) is 0 Å². The number of benzene rings is 2. The zero-order valence-corrected chi connectivity index (χ0v) is 16.2. The molecule has 2 aromatic carbocycles. The van der Waals surface area contributed by atoms with Crippen molar-refractivity contribution in [1.82, 2.24) is 9.97 Å². The van der Waals surface area contributed by atoms with Crippen LogP contribution in [0.15, 0.2) is 48.5 Å². The molecule has 1 aromatic heterocycles. The first-order valence-corrected chi connectivity index (χ1v) is 9.27. The molecule has 0 fully saturated rings. The van der Waals surface area contributed by atoms with Crippen LogP contribution in [0.4, 0.5) is 0 Å². The molecule has 0 atom stereocenters. The molecule has 1 heterocycles. The molecule has 0 amide bonds. The largest absolute Gasteiger partial charge is 0.479 e. The van der Waals surface area contributed by atoms with Crippen LogP contribution in [0.1, 0.15) is 31.7 Å². The highest BCUT2D eigenvalue weighted by Crippen LogP contribution is 2.29. The Hall–Kier alpha value is -3.28. The van der Waals surface area contributed by atoms with Crippen LogP contribution in [0, 0.1) is 10.8 Å². The van der Waals surface area contributed by atoms with Crippen molar-refractivity contribution in [2.75, 3.05) is 7.11 Å². The number of para-hydroxylation sites is 2. The van der Waals surface area contributed by atoms with Gasteiger partial charge in [0, 0.05) is 18.9 Å². The molecule has 6 heteroatoms. The highest BCUT2D eigenvalue weighted by molar-refractivity contribution is 5.87. The summed E-state index contributed by atoms with van der Waals surface area (Å²) >= 11 is 0. The summed E-state index contributed by atoms with van der Waals surface area (Å²) in [7, 11) is 1.61. The minimum absolute atomic E-state index is 0.0585. The fraction of sp³-hybridized carbons (Fsp3) is 0.273. The van der Waals surface area contributed by atoms with Crippen LogP contribution in [0.5, 0.6) is 5.88 Å². The molecule has 6 nitrogen and oxygen atoms in total. The number of aryl methyl sites for hydroxylation is 1. The van der Waals surface area contributed by atoms with E-state index in [0.717, 1.165) is 41.6 Å². The van der Waals surface area contributed by atoms with Crippen molar-refractivity contribution in [3.63, 3.8) is 0 Å². The van der Waals surface area contributed by atoms with E-state index in [1.807, 2.05) is 36.4 Å². The Morgan fingerprint density at radius 1 is 0.964 bits per heavy atom. The summed E-state index contributed by atoms with van der Waals surface area (Å²) in [6, 6.07) is 16.0. The van der Waals surface area contributed by atoms with Gasteiger partial charge in [0.1, 0.15) is 5.69 Å². The van der Waals surface area contributed by atoms with Crippen molar-refractivity contribution >= 4 is 22.8 Å². The second kappa shape index (κ2) is 9.08. The lowest BCUT2D eigenvalue weighted by Gasteiger charge is -2.10. The van der Waals surface area contributed by atoms with E-state index >= 15 is 0 Å². The first kappa shape index (κ1) is 19.5. The molecular weight excluding hydrogens is 352 g/mol. The van der Waals surface area contributed by atoms with Crippen molar-refractivity contribution in [3.05, 3.63) is 54.1 Å². The van der Waals surface area contributed by atoms with Crippen LogP contribution in [0.2, 0.25) is 0 Å². The first-order chi connectivity index (χ1) is 13.6. The van der Waals surface area contributed by atoms with E-state index in [9.17, 15) is 0 Å². The Morgan fingerprint density at radius 2 is 1.71 bits per heavy atom. The molecule has 0 saturated heterocycles. The van der Waals surface area contributed by atoms with Gasteiger partial charge in [0.05, 0.1) is 18.1 Å². The lowest BCUT2D eigenvalue weighted by Crippen LogP contribution is -2.07. The summed E-state index contributed by atoms with van der Waals surface area (Å²) in [5.74, 6) is 0.726. The number of aromatic nitrogens is 2. The van der Waals surface area contributed by atoms with Crippen LogP contribution in [-0.2, 0) is 11.2 Å². The maximum atomic E-state index is 7.67. The number of methoxy groups -OCH3 is 1. The van der Waals surface area contributed by atoms with E-state index in [1.165, 1.54) is 12.5 Å². The number of unbranched alkanes of at least 4 members (excludes halogenated alkanes) is 1. The van der Waals surface area contributed by atoms with Gasteiger partial charge in [0.15, 0.2) is 11.8 Å². The smallest absolute Gasteiger partial charge is 0.240 e. The summed E-state index contributed by atoms with van der Waals surface area (Å²) in [5, 5.41) is 14.9. The minimum Gasteiger partial charge on any atom is -0.479 e. The van der Waals surface area contributed by atoms with Gasteiger partial charge < -0.3 is 9.47 Å². The van der Waals surface area contributed by atoms with E-state index in [4.69, 9.17) is 25.3 Å². The Labute approximate surface area is 164 Å². The number of rotatable bonds is 7. The third-order valence-electron chi connectivity index (χ3n) is 4.33. The average Bonchev–Trinajstić information content (AvgIpc) is 2.70. The fourth-order valence-corrected chi connectivity index (χ4v) is 3.04. The number of nitrogens with zero attached hydrogens (tertiary/aromatic N) is 2. The topological polar surface area (TPSA) is 91.9 Å². The number of hydrogen-bond acceptors (Lipinski definition) is 6. The average molecular weight is 376 g/mol. The summed E-state index contributed by atoms with van der Waals surface area (Å²) in [6.07, 6.45) is 3.22. The molecule has 0 aliphatic heterocycles. The van der Waals surface area contributed by atoms with E-state index in [1.54, 1.807) is 7.11 Å². The maximum absolute atomic E-state index is 7.67. The molecule has 0 bridgehead atoms. The molecule has 0 spiro atoms. The van der Waals surface area contributed by atoms with E-state index in [-0.39, 0.29) is 11.8 Å². The number of nitrogens with one attached hydrogen (secondary N) is 2. The third-order valence-corrected chi connectivity index (χ3v) is 4.33. The summed E-state index contributed by atoms with van der Waals surface area (Å²) < 4.78 is 10.5. The van der Waals surface area contributed by atoms with Crippen LogP contribution >= 0.6 is 0 Å². The van der Waals surface area contributed by atoms with Crippen molar-refractivity contribution < 1.29 is 9.47 Å². The highest BCUT2D eigenvalue weighted by atomic mass is 16.5. The standard InChI is InChI=1S/C22H24N4O2/c1-15(23)28-20(24)13-6-3-8-16-9-7-10-17(14-16)21-22(27-2)26-19-12-5-4-11-18(19)25-21/h4-5,7,9-12,14,23-24H,3,6,8,13H2,1-2H3. The summed E-state index contributed by atoms with van der Waals surface area (Å²) in [6.45, 7) is 1.53. The van der Waals surface area contributed by atoms with Crippen LogP contribution in [0.25, 0.3) is 22.3 Å². The van der Waals surface area contributed by atoms with Gasteiger partial charge in [-0.25, -0.2) is 9.97 Å². The minimum atomic E-state index is 0.0585. The van der Waals surface area contributed by atoms with E-state index < -0.39 is 0 Å². The van der Waals surface area contributed by atoms with Gasteiger partial charge in [-0.05, 0) is 43.0 Å². The molecule has 0 unspecified atom stereocenters. The molecule has 3 aromatic rings. The molecule has 0 aliphatic rings. The molecule has 0 aliphatic carbocycles. The van der Waals surface area contributed by atoms with Crippen molar-refractivity contribution in [2.45, 2.75) is 32.6 Å². The molecule has 2 N–H and O–H groups in total. The third kappa shape index (κ3) is 4.91. The van der Waals surface area contributed by atoms with E-state index in [2.05, 4.69) is 17.1 Å². The van der Waals surface area contributed by atoms with Gasteiger partial charge in [0.2, 0.25) is 5.88 Å². The van der Waals surface area contributed by atoms with Crippen molar-refractivity contribution in [3.8, 4) is 17.1 Å². The lowest BCUT2D eigenvalue weighted by atomic mass is 10.0. The van der Waals surface area contributed by atoms with Gasteiger partial charge in [0.25, 0.3) is 0 Å². The molecule has 0 radical (unpaired) electrons. The zero-order valence-electron chi connectivity index (χ0n) is 16.2. The monoisotopic (exact) mass is 376 g/mol. The number of fused-ring (bicyclic) bond motifs is 1. The normalized spacial score (nSPS) is 10.6. The molecule has 0 saturated carbocycles. The Balaban J connectivity index is 1.72. The predicted molar refractivity (Wildman–Crippen MR) is 111 cm³/mol. The molecule has 3 rings (SSSR count). The Morgan fingerprint density at radius 3 is 2.43 bits per heavy atom. The summed E-state index contributed by atoms with van der Waals surface area (Å²) in [4.78, 5) is 9.33. The quantitative estimate of drug-likeness (QED) is 0.344. The lowest BCUT2D eigenvalue weighted by molar-refractivity contribution is 0.400. The summed E-state index contributed by atoms with van der Waals surface area (Å²) in [5.41, 5.74) is 4.56. The number of hydrogen-bond donors (Lipinski definition) is 2. The zero-order chi connectivity index (χ0) is 19.9. The van der Waals surface area contributed by atoms with Crippen LogP contribution < -0.4 is 4.74 Å². The van der Waals surface area contributed by atoms with Gasteiger partial charge in [-0.1, -0.05) is 30.3 Å². The fourth-order valence-electron chi connectivity index (χ4n) is 3.04. The van der Waals surface area contributed by atoms with Crippen LogP contribution in [-0.4, -0.2) is 28.9 Å². The molecular formula is C22H24N4O2. The molecule has 144 valence electrons. The predicted octanol–water partition coefficient (Wildman–Crippen LogP) is 5.01. The second-order valence-electron chi connectivity index (χ2n) is 6.56. The first-order valence-electron chi connectivity index (χ1n) is 9.27. The van der Waals surface area contributed by atoms with Gasteiger partial charge in [-0.2, -0.15) is 0 Å². The van der Waals surface area contributed by atoms with Crippen molar-refractivity contribution in [1.29, 1.82) is 10.8 Å². The second-order valence-corrected chi connectivity index (χ2v) is 6.56. The number of ether oxygens (including phenoxy) is 2. The Bertz CT molecular complexity index is 1000. The van der Waals surface area contributed by atoms with Gasteiger partial charge in [-0.3, -0.25) is 10.8 Å². The molecule has 28 heavy (non-hydrogen) atoms.